The predicted octanol–water partition coefficient (Wildman–Crippen LogP) is 2.14. The first kappa shape index (κ1) is 14.3. The molecule has 0 aromatic carbocycles. The van der Waals surface area contributed by atoms with Crippen LogP contribution in [0, 0.1) is 13.8 Å². The van der Waals surface area contributed by atoms with Crippen molar-refractivity contribution in [1.82, 2.24) is 4.98 Å². The lowest BCUT2D eigenvalue weighted by Crippen LogP contribution is -2.37. The Bertz CT molecular complexity index is 448. The van der Waals surface area contributed by atoms with Crippen molar-refractivity contribution in [2.75, 3.05) is 7.11 Å². The molecule has 106 valence electrons. The highest BCUT2D eigenvalue weighted by atomic mass is 16.5. The lowest BCUT2D eigenvalue weighted by Gasteiger charge is -2.20. The van der Waals surface area contributed by atoms with Crippen LogP contribution >= 0.6 is 0 Å². The predicted molar refractivity (Wildman–Crippen MR) is 75.5 cm³/mol. The molecule has 1 fully saturated rings. The maximum atomic E-state index is 6.27. The molecular formula is C15H24N2O2. The summed E-state index contributed by atoms with van der Waals surface area (Å²) in [6.45, 7) is 6.15. The minimum atomic E-state index is 0.00330. The van der Waals surface area contributed by atoms with E-state index in [4.69, 9.17) is 15.2 Å². The Labute approximate surface area is 115 Å². The zero-order valence-corrected chi connectivity index (χ0v) is 12.3. The van der Waals surface area contributed by atoms with Crippen molar-refractivity contribution >= 4 is 0 Å². The third-order valence-electron chi connectivity index (χ3n) is 3.92. The molecule has 1 aliphatic heterocycles. The fraction of sp³-hybridized carbons (Fsp3) is 0.667. The third kappa shape index (κ3) is 3.07. The maximum Gasteiger partial charge on any atom is 0.128 e. The normalized spacial score (nSPS) is 24.5. The van der Waals surface area contributed by atoms with Gasteiger partial charge in [0.1, 0.15) is 5.75 Å². The zero-order valence-electron chi connectivity index (χ0n) is 12.3. The Kier molecular flexibility index (Phi) is 4.42. The summed E-state index contributed by atoms with van der Waals surface area (Å²) in [4.78, 5) is 4.50. The summed E-state index contributed by atoms with van der Waals surface area (Å²) < 4.78 is 11.3. The average Bonchev–Trinajstić information content (AvgIpc) is 2.80. The van der Waals surface area contributed by atoms with Crippen LogP contribution in [0.1, 0.15) is 36.6 Å². The highest BCUT2D eigenvalue weighted by Crippen LogP contribution is 2.27. The van der Waals surface area contributed by atoms with Gasteiger partial charge < -0.3 is 15.2 Å². The Morgan fingerprint density at radius 1 is 1.47 bits per heavy atom. The Hall–Kier alpha value is -1.13. The van der Waals surface area contributed by atoms with Crippen LogP contribution in [0.2, 0.25) is 0 Å². The molecule has 1 aromatic rings. The fourth-order valence-corrected chi connectivity index (χ4v) is 2.78. The van der Waals surface area contributed by atoms with Gasteiger partial charge in [-0.15, -0.1) is 0 Å². The minimum Gasteiger partial charge on any atom is -0.496 e. The zero-order chi connectivity index (χ0) is 14.0. The van der Waals surface area contributed by atoms with Gasteiger partial charge in [-0.25, -0.2) is 0 Å². The van der Waals surface area contributed by atoms with Crippen LogP contribution < -0.4 is 10.5 Å². The van der Waals surface area contributed by atoms with Crippen LogP contribution in [0.5, 0.6) is 5.75 Å². The second-order valence-electron chi connectivity index (χ2n) is 5.48. The van der Waals surface area contributed by atoms with Gasteiger partial charge in [0.15, 0.2) is 0 Å². The van der Waals surface area contributed by atoms with E-state index < -0.39 is 0 Å². The molecule has 0 spiro atoms. The summed E-state index contributed by atoms with van der Waals surface area (Å²) in [7, 11) is 1.70. The SMILES string of the molecule is COc1c(C)cnc(CC(N)C2CCC(C)O2)c1C. The molecular weight excluding hydrogens is 240 g/mol. The quantitative estimate of drug-likeness (QED) is 0.905. The minimum absolute atomic E-state index is 0.00330. The molecule has 0 saturated carbocycles. The van der Waals surface area contributed by atoms with Crippen molar-refractivity contribution in [2.24, 2.45) is 5.73 Å². The Morgan fingerprint density at radius 2 is 2.21 bits per heavy atom. The number of hydrogen-bond acceptors (Lipinski definition) is 4. The number of rotatable bonds is 4. The van der Waals surface area contributed by atoms with Crippen LogP contribution in [0.3, 0.4) is 0 Å². The number of aryl methyl sites for hydroxylation is 1. The number of aromatic nitrogens is 1. The van der Waals surface area contributed by atoms with Crippen molar-refractivity contribution in [1.29, 1.82) is 0 Å². The van der Waals surface area contributed by atoms with Gasteiger partial charge in [-0.1, -0.05) is 0 Å². The van der Waals surface area contributed by atoms with Crippen LogP contribution in [0.4, 0.5) is 0 Å². The molecule has 1 aromatic heterocycles. The molecule has 2 rings (SSSR count). The smallest absolute Gasteiger partial charge is 0.128 e. The van der Waals surface area contributed by atoms with Gasteiger partial charge in [-0.2, -0.15) is 0 Å². The van der Waals surface area contributed by atoms with E-state index in [9.17, 15) is 0 Å². The molecule has 2 heterocycles. The van der Waals surface area contributed by atoms with Crippen molar-refractivity contribution in [3.63, 3.8) is 0 Å². The highest BCUT2D eigenvalue weighted by Gasteiger charge is 2.28. The number of pyridine rings is 1. The fourth-order valence-electron chi connectivity index (χ4n) is 2.78. The molecule has 4 heteroatoms. The Balaban J connectivity index is 2.11. The van der Waals surface area contributed by atoms with Gasteiger partial charge >= 0.3 is 0 Å². The van der Waals surface area contributed by atoms with Crippen molar-refractivity contribution in [3.8, 4) is 5.75 Å². The van der Waals surface area contributed by atoms with Gasteiger partial charge in [0, 0.05) is 35.5 Å². The van der Waals surface area contributed by atoms with Crippen LogP contribution in [0.15, 0.2) is 6.20 Å². The van der Waals surface area contributed by atoms with E-state index in [0.717, 1.165) is 41.8 Å². The monoisotopic (exact) mass is 264 g/mol. The number of ether oxygens (including phenoxy) is 2. The van der Waals surface area contributed by atoms with Gasteiger partial charge in [-0.05, 0) is 33.6 Å². The van der Waals surface area contributed by atoms with E-state index in [1.165, 1.54) is 0 Å². The summed E-state index contributed by atoms with van der Waals surface area (Å²) in [5, 5.41) is 0. The van der Waals surface area contributed by atoms with E-state index in [2.05, 4.69) is 11.9 Å². The second kappa shape index (κ2) is 5.88. The molecule has 3 unspecified atom stereocenters. The van der Waals surface area contributed by atoms with Crippen molar-refractivity contribution in [3.05, 3.63) is 23.0 Å². The maximum absolute atomic E-state index is 6.27. The summed E-state index contributed by atoms with van der Waals surface area (Å²) in [6, 6.07) is 0.00330. The molecule has 3 atom stereocenters. The largest absolute Gasteiger partial charge is 0.496 e. The van der Waals surface area contributed by atoms with Crippen molar-refractivity contribution < 1.29 is 9.47 Å². The lowest BCUT2D eigenvalue weighted by molar-refractivity contribution is 0.0402. The van der Waals surface area contributed by atoms with Gasteiger partial charge in [0.2, 0.25) is 0 Å². The summed E-state index contributed by atoms with van der Waals surface area (Å²) >= 11 is 0. The van der Waals surface area contributed by atoms with Crippen LogP contribution in [-0.4, -0.2) is 30.3 Å². The third-order valence-corrected chi connectivity index (χ3v) is 3.92. The summed E-state index contributed by atoms with van der Waals surface area (Å²) in [6.07, 6.45) is 5.22. The molecule has 2 N–H and O–H groups in total. The van der Waals surface area contributed by atoms with E-state index in [-0.39, 0.29) is 12.1 Å². The molecule has 4 nitrogen and oxygen atoms in total. The first-order chi connectivity index (χ1) is 9.02. The Morgan fingerprint density at radius 3 is 2.79 bits per heavy atom. The van der Waals surface area contributed by atoms with Gasteiger partial charge in [0.05, 0.1) is 19.3 Å². The second-order valence-corrected chi connectivity index (χ2v) is 5.48. The van der Waals surface area contributed by atoms with Crippen LogP contribution in [0.25, 0.3) is 0 Å². The molecule has 1 saturated heterocycles. The summed E-state index contributed by atoms with van der Waals surface area (Å²) in [5.74, 6) is 0.915. The number of hydrogen-bond donors (Lipinski definition) is 1. The van der Waals surface area contributed by atoms with Crippen LogP contribution in [-0.2, 0) is 11.2 Å². The van der Waals surface area contributed by atoms with Crippen molar-refractivity contribution in [2.45, 2.75) is 58.3 Å². The molecule has 0 radical (unpaired) electrons. The average molecular weight is 264 g/mol. The first-order valence-electron chi connectivity index (χ1n) is 6.93. The highest BCUT2D eigenvalue weighted by molar-refractivity contribution is 5.41. The first-order valence-corrected chi connectivity index (χ1v) is 6.93. The standard InChI is InChI=1S/C15H24N2O2/c1-9-8-17-13(11(3)15(9)18-4)7-12(16)14-6-5-10(2)19-14/h8,10,12,14H,5-7,16H2,1-4H3. The van der Waals surface area contributed by atoms with Gasteiger partial charge in [0.25, 0.3) is 0 Å². The number of nitrogens with two attached hydrogens (primary N) is 1. The number of methoxy groups -OCH3 is 1. The van der Waals surface area contributed by atoms with E-state index in [1.807, 2.05) is 20.0 Å². The number of nitrogens with zero attached hydrogens (tertiary/aromatic N) is 1. The van der Waals surface area contributed by atoms with E-state index >= 15 is 0 Å². The van der Waals surface area contributed by atoms with E-state index in [0.29, 0.717) is 6.10 Å². The molecule has 19 heavy (non-hydrogen) atoms. The molecule has 0 amide bonds. The van der Waals surface area contributed by atoms with E-state index in [1.54, 1.807) is 7.11 Å². The topological polar surface area (TPSA) is 57.4 Å². The lowest BCUT2D eigenvalue weighted by atomic mass is 10.00. The van der Waals surface area contributed by atoms with Gasteiger partial charge in [-0.3, -0.25) is 4.98 Å². The molecule has 0 aliphatic carbocycles. The molecule has 1 aliphatic rings. The molecule has 0 bridgehead atoms. The summed E-state index contributed by atoms with van der Waals surface area (Å²) in [5.41, 5.74) is 9.42.